The normalized spacial score (nSPS) is 15.3. The molecule has 1 aliphatic rings. The first-order valence-electron chi connectivity index (χ1n) is 7.73. The molecule has 2 rings (SSSR count). The van der Waals surface area contributed by atoms with Crippen molar-refractivity contribution in [2.45, 2.75) is 56.6 Å². The highest BCUT2D eigenvalue weighted by molar-refractivity contribution is 8.00. The fraction of sp³-hybridized carbons (Fsp3) is 0.667. The lowest BCUT2D eigenvalue weighted by Crippen LogP contribution is -2.43. The summed E-state index contributed by atoms with van der Waals surface area (Å²) in [6.45, 7) is 6.97. The summed E-state index contributed by atoms with van der Waals surface area (Å²) in [5.41, 5.74) is 1.99. The molecule has 0 aromatic carbocycles. The van der Waals surface area contributed by atoms with Crippen LogP contribution in [0.25, 0.3) is 0 Å². The van der Waals surface area contributed by atoms with Gasteiger partial charge in [0.1, 0.15) is 0 Å². The molecule has 0 aliphatic heterocycles. The van der Waals surface area contributed by atoms with E-state index in [0.29, 0.717) is 13.2 Å². The van der Waals surface area contributed by atoms with Crippen LogP contribution in [0.4, 0.5) is 4.79 Å². The Morgan fingerprint density at radius 3 is 2.74 bits per heavy atom. The van der Waals surface area contributed by atoms with Gasteiger partial charge in [-0.15, -0.1) is 0 Å². The molecule has 1 aromatic heterocycles. The number of aryl methyl sites for hydroxylation is 1. The first kappa shape index (κ1) is 17.8. The van der Waals surface area contributed by atoms with Crippen molar-refractivity contribution in [3.05, 3.63) is 11.4 Å². The second-order valence-corrected chi connectivity index (χ2v) is 7.01. The van der Waals surface area contributed by atoms with Crippen molar-refractivity contribution >= 4 is 23.7 Å². The predicted molar refractivity (Wildman–Crippen MR) is 88.6 cm³/mol. The molecule has 1 aliphatic carbocycles. The van der Waals surface area contributed by atoms with Crippen LogP contribution in [0.3, 0.4) is 0 Å². The van der Waals surface area contributed by atoms with E-state index in [9.17, 15) is 9.59 Å². The quantitative estimate of drug-likeness (QED) is 0.737. The second-order valence-electron chi connectivity index (χ2n) is 5.71. The lowest BCUT2D eigenvalue weighted by Gasteiger charge is -2.13. The van der Waals surface area contributed by atoms with E-state index in [1.54, 1.807) is 14.0 Å². The average Bonchev–Trinajstić information content (AvgIpc) is 3.25. The number of imidazole rings is 1. The van der Waals surface area contributed by atoms with Crippen molar-refractivity contribution in [1.82, 2.24) is 20.2 Å². The van der Waals surface area contributed by atoms with E-state index in [1.165, 1.54) is 11.8 Å². The Hall–Kier alpha value is -1.54. The van der Waals surface area contributed by atoms with Gasteiger partial charge in [0.25, 0.3) is 0 Å². The molecule has 3 amide bonds. The van der Waals surface area contributed by atoms with E-state index < -0.39 is 11.3 Å². The molecule has 1 aromatic rings. The van der Waals surface area contributed by atoms with Gasteiger partial charge in [-0.05, 0) is 33.6 Å². The van der Waals surface area contributed by atoms with Gasteiger partial charge in [-0.2, -0.15) is 0 Å². The van der Waals surface area contributed by atoms with E-state index in [0.717, 1.165) is 29.4 Å². The first-order chi connectivity index (χ1) is 10.9. The van der Waals surface area contributed by atoms with Crippen LogP contribution in [0.5, 0.6) is 0 Å². The zero-order valence-corrected chi connectivity index (χ0v) is 14.8. The Balaban J connectivity index is 1.95. The number of ether oxygens (including phenoxy) is 1. The van der Waals surface area contributed by atoms with Crippen LogP contribution in [-0.4, -0.2) is 46.5 Å². The molecule has 1 heterocycles. The number of carbonyl (C=O) groups is 2. The van der Waals surface area contributed by atoms with E-state index in [4.69, 9.17) is 4.74 Å². The Morgan fingerprint density at radius 1 is 1.43 bits per heavy atom. The van der Waals surface area contributed by atoms with Crippen LogP contribution in [0.2, 0.25) is 0 Å². The van der Waals surface area contributed by atoms with Gasteiger partial charge in [0.05, 0.1) is 17.6 Å². The number of hydrogen-bond acceptors (Lipinski definition) is 5. The third kappa shape index (κ3) is 4.97. The van der Waals surface area contributed by atoms with E-state index in [-0.39, 0.29) is 11.9 Å². The first-order valence-corrected chi connectivity index (χ1v) is 8.61. The Bertz CT molecular complexity index is 584. The van der Waals surface area contributed by atoms with Crippen LogP contribution >= 0.6 is 11.8 Å². The van der Waals surface area contributed by atoms with Crippen molar-refractivity contribution in [3.63, 3.8) is 0 Å². The minimum absolute atomic E-state index is 0.226. The number of thioether (sulfide) groups is 1. The summed E-state index contributed by atoms with van der Waals surface area (Å²) in [5.74, 6) is -0.315. The molecule has 7 nitrogen and oxygen atoms in total. The van der Waals surface area contributed by atoms with E-state index in [1.807, 2.05) is 18.4 Å². The molecule has 0 spiro atoms. The second kappa shape index (κ2) is 7.83. The monoisotopic (exact) mass is 340 g/mol. The Labute approximate surface area is 140 Å². The number of aromatic nitrogens is 2. The van der Waals surface area contributed by atoms with Crippen LogP contribution < -0.4 is 10.6 Å². The summed E-state index contributed by atoms with van der Waals surface area (Å²) >= 11 is 1.34. The largest absolute Gasteiger partial charge is 0.383 e. The highest BCUT2D eigenvalue weighted by atomic mass is 32.2. The zero-order chi connectivity index (χ0) is 17.0. The summed E-state index contributed by atoms with van der Waals surface area (Å²) in [5, 5.41) is 5.47. The van der Waals surface area contributed by atoms with Crippen molar-refractivity contribution < 1.29 is 14.3 Å². The molecule has 1 saturated carbocycles. The maximum atomic E-state index is 12.1. The smallest absolute Gasteiger partial charge is 0.321 e. The third-order valence-electron chi connectivity index (χ3n) is 3.74. The molecule has 0 radical (unpaired) electrons. The fourth-order valence-corrected chi connectivity index (χ4v) is 3.06. The number of carbonyl (C=O) groups excluding carboxylic acids is 2. The Morgan fingerprint density at radius 2 is 2.13 bits per heavy atom. The van der Waals surface area contributed by atoms with Crippen LogP contribution in [0.15, 0.2) is 5.16 Å². The molecule has 0 bridgehead atoms. The molecule has 8 heteroatoms. The van der Waals surface area contributed by atoms with Gasteiger partial charge in [0.2, 0.25) is 5.91 Å². The van der Waals surface area contributed by atoms with Gasteiger partial charge < -0.3 is 14.6 Å². The molecular weight excluding hydrogens is 316 g/mol. The molecule has 128 valence electrons. The molecule has 1 fully saturated rings. The summed E-state index contributed by atoms with van der Waals surface area (Å²) in [4.78, 5) is 28.3. The standard InChI is InChI=1S/C15H24N4O3S/c1-9-10(2)19(7-8-22-4)15(16-9)23-11(3)13(20)18-14(21)17-12-5-6-12/h11-12H,5-8H2,1-4H3,(H2,17,18,20,21). The molecule has 1 unspecified atom stereocenters. The number of imide groups is 1. The lowest BCUT2D eigenvalue weighted by molar-refractivity contribution is -0.119. The maximum Gasteiger partial charge on any atom is 0.321 e. The van der Waals surface area contributed by atoms with Gasteiger partial charge in [0, 0.05) is 25.4 Å². The average molecular weight is 340 g/mol. The van der Waals surface area contributed by atoms with Crippen molar-refractivity contribution in [3.8, 4) is 0 Å². The number of hydrogen-bond donors (Lipinski definition) is 2. The highest BCUT2D eigenvalue weighted by Gasteiger charge is 2.26. The maximum absolute atomic E-state index is 12.1. The molecule has 0 saturated heterocycles. The molecule has 2 N–H and O–H groups in total. The highest BCUT2D eigenvalue weighted by Crippen LogP contribution is 2.25. The van der Waals surface area contributed by atoms with Gasteiger partial charge in [0.15, 0.2) is 5.16 Å². The number of nitrogens with one attached hydrogen (secondary N) is 2. The topological polar surface area (TPSA) is 85.2 Å². The van der Waals surface area contributed by atoms with Crippen molar-refractivity contribution in [2.24, 2.45) is 0 Å². The van der Waals surface area contributed by atoms with Gasteiger partial charge in [-0.1, -0.05) is 11.8 Å². The number of methoxy groups -OCH3 is 1. The number of nitrogens with zero attached hydrogens (tertiary/aromatic N) is 2. The SMILES string of the molecule is COCCn1c(SC(C)C(=O)NC(=O)NC2CC2)nc(C)c1C. The summed E-state index contributed by atoms with van der Waals surface area (Å²) in [7, 11) is 1.65. The summed E-state index contributed by atoms with van der Waals surface area (Å²) < 4.78 is 7.16. The molecule has 1 atom stereocenters. The molecule has 23 heavy (non-hydrogen) atoms. The summed E-state index contributed by atoms with van der Waals surface area (Å²) in [6, 6.07) is -0.191. The van der Waals surface area contributed by atoms with Crippen molar-refractivity contribution in [2.75, 3.05) is 13.7 Å². The van der Waals surface area contributed by atoms with Crippen LogP contribution in [-0.2, 0) is 16.1 Å². The van der Waals surface area contributed by atoms with Gasteiger partial charge in [-0.25, -0.2) is 9.78 Å². The minimum Gasteiger partial charge on any atom is -0.383 e. The van der Waals surface area contributed by atoms with Crippen LogP contribution in [0, 0.1) is 13.8 Å². The third-order valence-corrected chi connectivity index (χ3v) is 4.83. The number of rotatable bonds is 7. The van der Waals surface area contributed by atoms with E-state index in [2.05, 4.69) is 15.6 Å². The van der Waals surface area contributed by atoms with Crippen molar-refractivity contribution in [1.29, 1.82) is 0 Å². The summed E-state index contributed by atoms with van der Waals surface area (Å²) in [6.07, 6.45) is 1.98. The van der Waals surface area contributed by atoms with Crippen LogP contribution in [0.1, 0.15) is 31.2 Å². The minimum atomic E-state index is -0.417. The van der Waals surface area contributed by atoms with Gasteiger partial charge in [-0.3, -0.25) is 10.1 Å². The predicted octanol–water partition coefficient (Wildman–Crippen LogP) is 1.62. The Kier molecular flexibility index (Phi) is 6.06. The fourth-order valence-electron chi connectivity index (χ4n) is 2.03. The zero-order valence-electron chi connectivity index (χ0n) is 14.0. The number of amides is 3. The van der Waals surface area contributed by atoms with E-state index >= 15 is 0 Å². The van der Waals surface area contributed by atoms with Gasteiger partial charge >= 0.3 is 6.03 Å². The molecular formula is C15H24N4O3S. The number of urea groups is 1. The lowest BCUT2D eigenvalue weighted by atomic mass is 10.4.